The summed E-state index contributed by atoms with van der Waals surface area (Å²) in [5.74, 6) is 2.73. The molecule has 108 valence electrons. The number of anilines is 2. The van der Waals surface area contributed by atoms with Crippen molar-refractivity contribution in [2.45, 2.75) is 6.92 Å². The topological polar surface area (TPSA) is 73.6 Å². The second kappa shape index (κ2) is 5.28. The molecule has 7 nitrogen and oxygen atoms in total. The number of nitrogens with zero attached hydrogens (tertiary/aromatic N) is 4. The first-order valence-electron chi connectivity index (χ1n) is 6.37. The van der Waals surface area contributed by atoms with Crippen LogP contribution in [0.3, 0.4) is 0 Å². The lowest BCUT2D eigenvalue weighted by molar-refractivity contribution is 0.405. The number of ether oxygens (including phenoxy) is 2. The molecule has 0 saturated heterocycles. The van der Waals surface area contributed by atoms with Crippen LogP contribution in [0.25, 0.3) is 5.78 Å². The van der Waals surface area contributed by atoms with E-state index in [0.29, 0.717) is 11.5 Å². The Kier molecular flexibility index (Phi) is 3.31. The number of benzene rings is 1. The predicted molar refractivity (Wildman–Crippen MR) is 78.3 cm³/mol. The van der Waals surface area contributed by atoms with Gasteiger partial charge in [-0.1, -0.05) is 0 Å². The summed E-state index contributed by atoms with van der Waals surface area (Å²) in [6.45, 7) is 1.91. The largest absolute Gasteiger partial charge is 0.497 e. The summed E-state index contributed by atoms with van der Waals surface area (Å²) in [5.41, 5.74) is 1.62. The highest BCUT2D eigenvalue weighted by atomic mass is 16.5. The highest BCUT2D eigenvalue weighted by Crippen LogP contribution is 2.31. The van der Waals surface area contributed by atoms with E-state index in [1.165, 1.54) is 6.33 Å². The number of aromatic nitrogens is 4. The lowest BCUT2D eigenvalue weighted by Gasteiger charge is -2.13. The van der Waals surface area contributed by atoms with E-state index in [9.17, 15) is 0 Å². The van der Waals surface area contributed by atoms with Crippen molar-refractivity contribution in [2.75, 3.05) is 19.5 Å². The van der Waals surface area contributed by atoms with Crippen LogP contribution < -0.4 is 14.8 Å². The van der Waals surface area contributed by atoms with Gasteiger partial charge < -0.3 is 14.8 Å². The molecule has 3 rings (SSSR count). The van der Waals surface area contributed by atoms with Crippen LogP contribution in [-0.2, 0) is 0 Å². The Morgan fingerprint density at radius 2 is 2.00 bits per heavy atom. The van der Waals surface area contributed by atoms with Gasteiger partial charge in [0.15, 0.2) is 0 Å². The first-order valence-corrected chi connectivity index (χ1v) is 6.37. The zero-order valence-corrected chi connectivity index (χ0v) is 12.0. The Morgan fingerprint density at radius 3 is 2.76 bits per heavy atom. The van der Waals surface area contributed by atoms with Crippen LogP contribution in [0.4, 0.5) is 11.5 Å². The lowest BCUT2D eigenvalue weighted by Crippen LogP contribution is -2.04. The molecule has 1 N–H and O–H groups in total. The monoisotopic (exact) mass is 285 g/mol. The third kappa shape index (κ3) is 2.45. The van der Waals surface area contributed by atoms with E-state index in [-0.39, 0.29) is 0 Å². The van der Waals surface area contributed by atoms with E-state index in [2.05, 4.69) is 20.4 Å². The fraction of sp³-hybridized carbons (Fsp3) is 0.214. The maximum absolute atomic E-state index is 5.36. The van der Waals surface area contributed by atoms with Gasteiger partial charge in [0.05, 0.1) is 19.9 Å². The quantitative estimate of drug-likeness (QED) is 0.792. The minimum absolute atomic E-state index is 0.541. The first-order chi connectivity index (χ1) is 10.2. The van der Waals surface area contributed by atoms with Crippen LogP contribution in [0.2, 0.25) is 0 Å². The Labute approximate surface area is 121 Å². The molecule has 2 aromatic heterocycles. The normalized spacial score (nSPS) is 10.6. The van der Waals surface area contributed by atoms with Crippen molar-refractivity contribution in [1.82, 2.24) is 19.6 Å². The average molecular weight is 285 g/mol. The van der Waals surface area contributed by atoms with Gasteiger partial charge in [-0.15, -0.1) is 0 Å². The summed E-state index contributed by atoms with van der Waals surface area (Å²) >= 11 is 0. The molecule has 2 heterocycles. The number of nitrogens with one attached hydrogen (secondary N) is 1. The molecular formula is C14H15N5O2. The third-order valence-electron chi connectivity index (χ3n) is 3.05. The van der Waals surface area contributed by atoms with Crippen LogP contribution in [0, 0.1) is 6.92 Å². The Balaban J connectivity index is 2.07. The van der Waals surface area contributed by atoms with Gasteiger partial charge in [-0.25, -0.2) is 4.98 Å². The number of hydrogen-bond acceptors (Lipinski definition) is 6. The minimum atomic E-state index is 0.541. The van der Waals surface area contributed by atoms with Crippen LogP contribution in [0.5, 0.6) is 11.5 Å². The molecule has 0 bridgehead atoms. The van der Waals surface area contributed by atoms with Crippen LogP contribution in [0.15, 0.2) is 30.6 Å². The highest BCUT2D eigenvalue weighted by Gasteiger charge is 2.10. The molecule has 0 aliphatic rings. The lowest BCUT2D eigenvalue weighted by atomic mass is 10.2. The summed E-state index contributed by atoms with van der Waals surface area (Å²) in [6, 6.07) is 7.43. The molecule has 21 heavy (non-hydrogen) atoms. The zero-order chi connectivity index (χ0) is 14.8. The highest BCUT2D eigenvalue weighted by molar-refractivity contribution is 5.67. The van der Waals surface area contributed by atoms with Gasteiger partial charge in [0.1, 0.15) is 23.6 Å². The smallest absolute Gasteiger partial charge is 0.254 e. The van der Waals surface area contributed by atoms with Gasteiger partial charge in [0.25, 0.3) is 5.78 Å². The van der Waals surface area contributed by atoms with Crippen LogP contribution in [-0.4, -0.2) is 33.8 Å². The standard InChI is InChI=1S/C14H15N5O2/c1-9-6-13(19-14(17-9)15-8-16-19)18-11-7-10(20-2)4-5-12(11)21-3/h4-8,18H,1-3H3. The van der Waals surface area contributed by atoms with Crippen molar-refractivity contribution >= 4 is 17.3 Å². The summed E-state index contributed by atoms with van der Waals surface area (Å²) in [4.78, 5) is 8.41. The third-order valence-corrected chi connectivity index (χ3v) is 3.05. The van der Waals surface area contributed by atoms with Crippen molar-refractivity contribution in [3.05, 3.63) is 36.3 Å². The molecule has 0 radical (unpaired) electrons. The number of aryl methyl sites for hydroxylation is 1. The number of fused-ring (bicyclic) bond motifs is 1. The van der Waals surface area contributed by atoms with Gasteiger partial charge in [0.2, 0.25) is 0 Å². The zero-order valence-electron chi connectivity index (χ0n) is 12.0. The van der Waals surface area contributed by atoms with E-state index in [4.69, 9.17) is 9.47 Å². The van der Waals surface area contributed by atoms with E-state index >= 15 is 0 Å². The maximum atomic E-state index is 5.36. The molecule has 0 amide bonds. The molecule has 1 aromatic carbocycles. The molecule has 0 aliphatic carbocycles. The molecule has 0 atom stereocenters. The Bertz CT molecular complexity index is 784. The van der Waals surface area contributed by atoms with E-state index < -0.39 is 0 Å². The minimum Gasteiger partial charge on any atom is -0.497 e. The van der Waals surface area contributed by atoms with Crippen LogP contribution in [0.1, 0.15) is 5.69 Å². The molecule has 0 aliphatic heterocycles. The second-order valence-electron chi connectivity index (χ2n) is 4.45. The second-order valence-corrected chi connectivity index (χ2v) is 4.45. The van der Waals surface area contributed by atoms with E-state index in [0.717, 1.165) is 22.9 Å². The van der Waals surface area contributed by atoms with Crippen molar-refractivity contribution in [1.29, 1.82) is 0 Å². The summed E-state index contributed by atoms with van der Waals surface area (Å²) in [5, 5.41) is 7.45. The van der Waals surface area contributed by atoms with Gasteiger partial charge in [-0.3, -0.25) is 0 Å². The predicted octanol–water partition coefficient (Wildman–Crippen LogP) is 2.19. The van der Waals surface area contributed by atoms with Crippen LogP contribution >= 0.6 is 0 Å². The molecule has 0 fully saturated rings. The average Bonchev–Trinajstić information content (AvgIpc) is 2.95. The van der Waals surface area contributed by atoms with Gasteiger partial charge in [-0.2, -0.15) is 14.6 Å². The Hall–Kier alpha value is -2.83. The van der Waals surface area contributed by atoms with Gasteiger partial charge in [0, 0.05) is 17.8 Å². The maximum Gasteiger partial charge on any atom is 0.254 e. The van der Waals surface area contributed by atoms with Crippen molar-refractivity contribution < 1.29 is 9.47 Å². The van der Waals surface area contributed by atoms with E-state index in [1.807, 2.05) is 31.2 Å². The number of methoxy groups -OCH3 is 2. The van der Waals surface area contributed by atoms with Crippen molar-refractivity contribution in [2.24, 2.45) is 0 Å². The van der Waals surface area contributed by atoms with Crippen molar-refractivity contribution in [3.8, 4) is 11.5 Å². The number of hydrogen-bond donors (Lipinski definition) is 1. The molecule has 7 heteroatoms. The molecule has 0 saturated carbocycles. The molecule has 0 unspecified atom stereocenters. The first kappa shape index (κ1) is 13.2. The van der Waals surface area contributed by atoms with Gasteiger partial charge in [-0.05, 0) is 19.1 Å². The van der Waals surface area contributed by atoms with Gasteiger partial charge >= 0.3 is 0 Å². The SMILES string of the molecule is COc1ccc(OC)c(Nc2cc(C)nc3ncnn23)c1. The summed E-state index contributed by atoms with van der Waals surface area (Å²) < 4.78 is 12.2. The fourth-order valence-electron chi connectivity index (χ4n) is 2.07. The molecular weight excluding hydrogens is 270 g/mol. The summed E-state index contributed by atoms with van der Waals surface area (Å²) in [6.07, 6.45) is 1.47. The number of rotatable bonds is 4. The molecule has 0 spiro atoms. The summed E-state index contributed by atoms with van der Waals surface area (Å²) in [7, 11) is 3.24. The Morgan fingerprint density at radius 1 is 1.14 bits per heavy atom. The van der Waals surface area contributed by atoms with Crippen molar-refractivity contribution in [3.63, 3.8) is 0 Å². The van der Waals surface area contributed by atoms with E-state index in [1.54, 1.807) is 18.7 Å². The molecule has 3 aromatic rings. The fourth-order valence-corrected chi connectivity index (χ4v) is 2.07.